The van der Waals surface area contributed by atoms with Gasteiger partial charge in [-0.3, -0.25) is 4.79 Å². The van der Waals surface area contributed by atoms with E-state index in [0.29, 0.717) is 12.8 Å². The summed E-state index contributed by atoms with van der Waals surface area (Å²) >= 11 is 0.910. The van der Waals surface area contributed by atoms with Crippen LogP contribution in [0.4, 0.5) is 5.13 Å². The van der Waals surface area contributed by atoms with E-state index in [2.05, 4.69) is 15.0 Å². The average molecular weight is 381 g/mol. The van der Waals surface area contributed by atoms with Gasteiger partial charge < -0.3 is 10.1 Å². The molecule has 25 heavy (non-hydrogen) atoms. The van der Waals surface area contributed by atoms with E-state index in [1.54, 1.807) is 7.11 Å². The number of aromatic nitrogens is 1. The first-order valence-corrected chi connectivity index (χ1v) is 9.99. The van der Waals surface area contributed by atoms with Crippen molar-refractivity contribution in [3.05, 3.63) is 41.6 Å². The van der Waals surface area contributed by atoms with Gasteiger partial charge in [0.25, 0.3) is 10.0 Å². The number of ether oxygens (including phenoxy) is 1. The van der Waals surface area contributed by atoms with Crippen molar-refractivity contribution in [2.24, 2.45) is 0 Å². The van der Waals surface area contributed by atoms with E-state index in [0.717, 1.165) is 11.3 Å². The molecule has 1 heterocycles. The van der Waals surface area contributed by atoms with Crippen LogP contribution in [0.25, 0.3) is 0 Å². The summed E-state index contributed by atoms with van der Waals surface area (Å²) in [4.78, 5) is 14.9. The lowest BCUT2D eigenvalue weighted by Crippen LogP contribution is -2.45. The Morgan fingerprint density at radius 2 is 1.96 bits per heavy atom. The second-order valence-electron chi connectivity index (χ2n) is 6.00. The van der Waals surface area contributed by atoms with E-state index in [4.69, 9.17) is 4.74 Å². The number of anilines is 1. The number of benzene rings is 1. The van der Waals surface area contributed by atoms with Crippen LogP contribution >= 0.6 is 11.3 Å². The molecule has 134 valence electrons. The number of sulfonamides is 1. The van der Waals surface area contributed by atoms with Crippen LogP contribution in [0.1, 0.15) is 18.1 Å². The fraction of sp³-hybridized carbons (Fsp3) is 0.375. The molecule has 3 rings (SSSR count). The molecule has 0 saturated heterocycles. The molecule has 0 bridgehead atoms. The van der Waals surface area contributed by atoms with Gasteiger partial charge in [-0.25, -0.2) is 18.1 Å². The van der Waals surface area contributed by atoms with E-state index in [-0.39, 0.29) is 21.8 Å². The van der Waals surface area contributed by atoms with Gasteiger partial charge in [-0.1, -0.05) is 35.6 Å². The Balaban J connectivity index is 1.71. The zero-order valence-corrected chi connectivity index (χ0v) is 15.5. The van der Waals surface area contributed by atoms with Gasteiger partial charge in [-0.2, -0.15) is 0 Å². The van der Waals surface area contributed by atoms with Crippen molar-refractivity contribution in [3.63, 3.8) is 0 Å². The molecular formula is C16H19N3O4S2. The van der Waals surface area contributed by atoms with E-state index in [1.807, 2.05) is 24.3 Å². The average Bonchev–Trinajstić information content (AvgIpc) is 3.17. The van der Waals surface area contributed by atoms with E-state index in [9.17, 15) is 13.2 Å². The molecule has 0 saturated carbocycles. The number of hydrogen-bond donors (Lipinski definition) is 2. The monoisotopic (exact) mass is 381 g/mol. The SMILES string of the molecule is COC1(CNS(=O)(=O)c2cnc(NC(C)=O)s2)Cc2ccccc2C1. The highest BCUT2D eigenvalue weighted by atomic mass is 32.2. The van der Waals surface area contributed by atoms with Gasteiger partial charge in [0.2, 0.25) is 5.91 Å². The summed E-state index contributed by atoms with van der Waals surface area (Å²) in [6.45, 7) is 1.50. The highest BCUT2D eigenvalue weighted by Gasteiger charge is 2.38. The molecule has 0 radical (unpaired) electrons. The smallest absolute Gasteiger partial charge is 0.251 e. The highest BCUT2D eigenvalue weighted by molar-refractivity contribution is 7.91. The van der Waals surface area contributed by atoms with Gasteiger partial charge in [-0.05, 0) is 11.1 Å². The Morgan fingerprint density at radius 1 is 1.32 bits per heavy atom. The second-order valence-corrected chi connectivity index (χ2v) is 9.02. The topological polar surface area (TPSA) is 97.4 Å². The van der Waals surface area contributed by atoms with Crippen LogP contribution in [0.2, 0.25) is 0 Å². The Kier molecular flexibility index (Phi) is 4.92. The quantitative estimate of drug-likeness (QED) is 0.791. The minimum absolute atomic E-state index is 0.0537. The number of rotatable bonds is 6. The van der Waals surface area contributed by atoms with Crippen molar-refractivity contribution < 1.29 is 17.9 Å². The van der Waals surface area contributed by atoms with Crippen LogP contribution in [0.3, 0.4) is 0 Å². The zero-order chi connectivity index (χ0) is 18.1. The van der Waals surface area contributed by atoms with Crippen molar-refractivity contribution >= 4 is 32.4 Å². The fourth-order valence-electron chi connectivity index (χ4n) is 2.89. The molecule has 9 heteroatoms. The molecule has 0 spiro atoms. The third kappa shape index (κ3) is 3.90. The van der Waals surface area contributed by atoms with Crippen LogP contribution in [0, 0.1) is 0 Å². The molecule has 1 aromatic carbocycles. The van der Waals surface area contributed by atoms with Crippen LogP contribution < -0.4 is 10.0 Å². The molecule has 2 aromatic rings. The molecule has 1 amide bonds. The van der Waals surface area contributed by atoms with Gasteiger partial charge in [0, 0.05) is 33.4 Å². The number of amides is 1. The maximum absolute atomic E-state index is 12.5. The molecule has 7 nitrogen and oxygen atoms in total. The number of methoxy groups -OCH3 is 1. The van der Waals surface area contributed by atoms with Gasteiger partial charge in [0.1, 0.15) is 0 Å². The first kappa shape index (κ1) is 18.0. The maximum Gasteiger partial charge on any atom is 0.251 e. The number of fused-ring (bicyclic) bond motifs is 1. The normalized spacial score (nSPS) is 15.8. The first-order valence-electron chi connectivity index (χ1n) is 7.69. The highest BCUT2D eigenvalue weighted by Crippen LogP contribution is 2.32. The summed E-state index contributed by atoms with van der Waals surface area (Å²) in [7, 11) is -2.12. The fourth-order valence-corrected chi connectivity index (χ4v) is 5.13. The summed E-state index contributed by atoms with van der Waals surface area (Å²) in [5.41, 5.74) is 1.76. The predicted octanol–water partition coefficient (Wildman–Crippen LogP) is 1.56. The molecule has 0 fully saturated rings. The summed E-state index contributed by atoms with van der Waals surface area (Å²) in [6, 6.07) is 8.01. The van der Waals surface area contributed by atoms with Crippen LogP contribution in [0.15, 0.2) is 34.7 Å². The molecule has 0 unspecified atom stereocenters. The summed E-state index contributed by atoms with van der Waals surface area (Å²) in [5.74, 6) is -0.298. The van der Waals surface area contributed by atoms with Gasteiger partial charge >= 0.3 is 0 Å². The maximum atomic E-state index is 12.5. The summed E-state index contributed by atoms with van der Waals surface area (Å²) < 4.78 is 33.4. The standard InChI is InChI=1S/C16H19N3O4S2/c1-11(20)19-15-17-9-14(24-15)25(21,22)18-10-16(23-2)7-12-5-3-4-6-13(12)8-16/h3-6,9,18H,7-8,10H2,1-2H3,(H,17,19,20). The van der Waals surface area contributed by atoms with E-state index >= 15 is 0 Å². The van der Waals surface area contributed by atoms with Crippen LogP contribution in [-0.2, 0) is 32.4 Å². The lowest BCUT2D eigenvalue weighted by atomic mass is 10.0. The van der Waals surface area contributed by atoms with Gasteiger partial charge in [0.05, 0.1) is 11.8 Å². The summed E-state index contributed by atoms with van der Waals surface area (Å²) in [6.07, 6.45) is 2.55. The van der Waals surface area contributed by atoms with Crippen molar-refractivity contribution in [1.82, 2.24) is 9.71 Å². The third-order valence-electron chi connectivity index (χ3n) is 4.19. The number of carbonyl (C=O) groups is 1. The molecular weight excluding hydrogens is 362 g/mol. The lowest BCUT2D eigenvalue weighted by Gasteiger charge is -2.27. The third-order valence-corrected chi connectivity index (χ3v) is 6.97. The largest absolute Gasteiger partial charge is 0.376 e. The van der Waals surface area contributed by atoms with Gasteiger partial charge in [-0.15, -0.1) is 0 Å². The molecule has 1 aromatic heterocycles. The van der Waals surface area contributed by atoms with Crippen molar-refractivity contribution in [1.29, 1.82) is 0 Å². The number of nitrogens with zero attached hydrogens (tertiary/aromatic N) is 1. The Morgan fingerprint density at radius 3 is 2.52 bits per heavy atom. The van der Waals surface area contributed by atoms with Crippen molar-refractivity contribution in [3.8, 4) is 0 Å². The van der Waals surface area contributed by atoms with Crippen molar-refractivity contribution in [2.45, 2.75) is 29.6 Å². The molecule has 0 atom stereocenters. The number of thiazole rings is 1. The van der Waals surface area contributed by atoms with Gasteiger partial charge in [0.15, 0.2) is 9.34 Å². The summed E-state index contributed by atoms with van der Waals surface area (Å²) in [5, 5.41) is 2.73. The second kappa shape index (κ2) is 6.83. The number of nitrogens with one attached hydrogen (secondary N) is 2. The number of hydrogen-bond acceptors (Lipinski definition) is 6. The van der Waals surface area contributed by atoms with E-state index in [1.165, 1.54) is 24.2 Å². The molecule has 1 aliphatic rings. The minimum atomic E-state index is -3.72. The van der Waals surface area contributed by atoms with Crippen LogP contribution in [-0.4, -0.2) is 38.6 Å². The molecule has 0 aliphatic heterocycles. The first-order chi connectivity index (χ1) is 11.8. The van der Waals surface area contributed by atoms with E-state index < -0.39 is 15.6 Å². The number of carbonyl (C=O) groups excluding carboxylic acids is 1. The minimum Gasteiger partial charge on any atom is -0.376 e. The predicted molar refractivity (Wildman–Crippen MR) is 95.2 cm³/mol. The Hall–Kier alpha value is -1.81. The van der Waals surface area contributed by atoms with Crippen LogP contribution in [0.5, 0.6) is 0 Å². The molecule has 1 aliphatic carbocycles. The Bertz CT molecular complexity index is 867. The van der Waals surface area contributed by atoms with Crippen molar-refractivity contribution in [2.75, 3.05) is 19.0 Å². The molecule has 2 N–H and O–H groups in total. The zero-order valence-electron chi connectivity index (χ0n) is 13.9. The Labute approximate surface area is 150 Å². The lowest BCUT2D eigenvalue weighted by molar-refractivity contribution is -0.114.